The number of carbonyl (C=O) groups is 1. The summed E-state index contributed by atoms with van der Waals surface area (Å²) in [6.07, 6.45) is 0.612. The van der Waals surface area contributed by atoms with Crippen molar-refractivity contribution < 1.29 is 9.72 Å². The maximum Gasteiger partial charge on any atom is 0.271 e. The number of nitrogens with one attached hydrogen (secondary N) is 1. The van der Waals surface area contributed by atoms with Gasteiger partial charge in [0, 0.05) is 24.1 Å². The van der Waals surface area contributed by atoms with E-state index >= 15 is 0 Å². The van der Waals surface area contributed by atoms with E-state index in [1.54, 1.807) is 17.5 Å². The van der Waals surface area contributed by atoms with Crippen LogP contribution >= 0.6 is 11.3 Å². The zero-order valence-electron chi connectivity index (χ0n) is 12.0. The van der Waals surface area contributed by atoms with Gasteiger partial charge in [0.25, 0.3) is 11.6 Å². The number of nitro groups is 1. The van der Waals surface area contributed by atoms with Crippen molar-refractivity contribution in [1.29, 1.82) is 0 Å². The van der Waals surface area contributed by atoms with Crippen LogP contribution in [0, 0.1) is 10.1 Å². The third kappa shape index (κ3) is 3.66. The third-order valence-electron chi connectivity index (χ3n) is 3.16. The van der Waals surface area contributed by atoms with E-state index in [1.807, 2.05) is 6.92 Å². The summed E-state index contributed by atoms with van der Waals surface area (Å²) in [5.74, 6) is -0.311. The molecular formula is C14H16N4O3S. The molecule has 1 unspecified atom stereocenters. The van der Waals surface area contributed by atoms with Crippen molar-refractivity contribution in [2.24, 2.45) is 5.73 Å². The van der Waals surface area contributed by atoms with Crippen LogP contribution in [0.2, 0.25) is 0 Å². The molecule has 0 spiro atoms. The van der Waals surface area contributed by atoms with Gasteiger partial charge in [0.15, 0.2) is 0 Å². The van der Waals surface area contributed by atoms with Gasteiger partial charge >= 0.3 is 0 Å². The normalized spacial score (nSPS) is 11.9. The van der Waals surface area contributed by atoms with Crippen LogP contribution in [-0.4, -0.2) is 15.8 Å². The maximum atomic E-state index is 12.2. The third-order valence-corrected chi connectivity index (χ3v) is 4.03. The molecule has 1 atom stereocenters. The van der Waals surface area contributed by atoms with Crippen molar-refractivity contribution >= 4 is 22.9 Å². The standard InChI is InChI=1S/C14H16N4O3S/c1-2-11(9-4-3-5-10(6-9)18(20)21)17-14(19)12-8-22-13(7-15)16-12/h3-6,8,11H,2,7,15H2,1H3,(H,17,19). The second kappa shape index (κ2) is 7.10. The molecule has 116 valence electrons. The first-order valence-electron chi connectivity index (χ1n) is 6.74. The second-order valence-electron chi connectivity index (χ2n) is 4.62. The molecule has 3 N–H and O–H groups in total. The molecule has 22 heavy (non-hydrogen) atoms. The molecule has 0 bridgehead atoms. The van der Waals surface area contributed by atoms with E-state index in [-0.39, 0.29) is 17.6 Å². The van der Waals surface area contributed by atoms with Crippen LogP contribution in [-0.2, 0) is 6.54 Å². The molecule has 1 aromatic heterocycles. The Morgan fingerprint density at radius 1 is 1.55 bits per heavy atom. The fourth-order valence-electron chi connectivity index (χ4n) is 2.02. The van der Waals surface area contributed by atoms with Gasteiger partial charge in [-0.2, -0.15) is 0 Å². The first kappa shape index (κ1) is 16.1. The lowest BCUT2D eigenvalue weighted by molar-refractivity contribution is -0.384. The first-order chi connectivity index (χ1) is 10.5. The molecule has 0 saturated heterocycles. The number of nitro benzene ring substituents is 1. The summed E-state index contributed by atoms with van der Waals surface area (Å²) < 4.78 is 0. The molecule has 1 heterocycles. The number of hydrogen-bond donors (Lipinski definition) is 2. The van der Waals surface area contributed by atoms with Gasteiger partial charge in [0.1, 0.15) is 10.7 Å². The Balaban J connectivity index is 2.16. The van der Waals surface area contributed by atoms with Crippen LogP contribution in [0.1, 0.15) is 40.4 Å². The fourth-order valence-corrected chi connectivity index (χ4v) is 2.67. The second-order valence-corrected chi connectivity index (χ2v) is 5.56. The van der Waals surface area contributed by atoms with Gasteiger partial charge < -0.3 is 11.1 Å². The Kier molecular flexibility index (Phi) is 5.18. The number of aromatic nitrogens is 1. The highest BCUT2D eigenvalue weighted by atomic mass is 32.1. The molecule has 0 aliphatic carbocycles. The summed E-state index contributed by atoms with van der Waals surface area (Å²) in [7, 11) is 0. The summed E-state index contributed by atoms with van der Waals surface area (Å²) in [6, 6.07) is 5.95. The zero-order valence-corrected chi connectivity index (χ0v) is 12.8. The predicted octanol–water partition coefficient (Wildman–Crippen LogP) is 2.39. The summed E-state index contributed by atoms with van der Waals surface area (Å²) in [6.45, 7) is 2.19. The minimum absolute atomic E-state index is 0.00396. The van der Waals surface area contributed by atoms with Crippen molar-refractivity contribution in [1.82, 2.24) is 10.3 Å². The number of nitrogens with two attached hydrogens (primary N) is 1. The van der Waals surface area contributed by atoms with Gasteiger partial charge in [-0.15, -0.1) is 11.3 Å². The monoisotopic (exact) mass is 320 g/mol. The van der Waals surface area contributed by atoms with E-state index in [1.165, 1.54) is 23.5 Å². The van der Waals surface area contributed by atoms with Crippen LogP contribution in [0.3, 0.4) is 0 Å². The first-order valence-corrected chi connectivity index (χ1v) is 7.62. The number of amides is 1. The predicted molar refractivity (Wildman–Crippen MR) is 83.6 cm³/mol. The average Bonchev–Trinajstić information content (AvgIpc) is 3.01. The summed E-state index contributed by atoms with van der Waals surface area (Å²) in [5, 5.41) is 16.0. The number of thiazole rings is 1. The zero-order chi connectivity index (χ0) is 16.1. The highest BCUT2D eigenvalue weighted by Crippen LogP contribution is 2.22. The quantitative estimate of drug-likeness (QED) is 0.627. The lowest BCUT2D eigenvalue weighted by Crippen LogP contribution is -2.28. The maximum absolute atomic E-state index is 12.2. The van der Waals surface area contributed by atoms with Crippen LogP contribution < -0.4 is 11.1 Å². The van der Waals surface area contributed by atoms with Gasteiger partial charge in [0.2, 0.25) is 0 Å². The molecule has 0 saturated carbocycles. The van der Waals surface area contributed by atoms with E-state index in [2.05, 4.69) is 10.3 Å². The van der Waals surface area contributed by atoms with E-state index in [0.29, 0.717) is 29.2 Å². The molecule has 0 radical (unpaired) electrons. The number of non-ortho nitro benzene ring substituents is 1. The van der Waals surface area contributed by atoms with E-state index in [9.17, 15) is 14.9 Å². The van der Waals surface area contributed by atoms with E-state index in [4.69, 9.17) is 5.73 Å². The minimum Gasteiger partial charge on any atom is -0.344 e. The van der Waals surface area contributed by atoms with Crippen LogP contribution in [0.15, 0.2) is 29.6 Å². The van der Waals surface area contributed by atoms with Gasteiger partial charge in [0.05, 0.1) is 11.0 Å². The van der Waals surface area contributed by atoms with Crippen molar-refractivity contribution in [3.05, 3.63) is 56.0 Å². The lowest BCUT2D eigenvalue weighted by Gasteiger charge is -2.16. The SMILES string of the molecule is CCC(NC(=O)c1csc(CN)n1)c1cccc([N+](=O)[O-])c1. The fraction of sp³-hybridized carbons (Fsp3) is 0.286. The summed E-state index contributed by atoms with van der Waals surface area (Å²) in [5.41, 5.74) is 6.49. The minimum atomic E-state index is -0.452. The van der Waals surface area contributed by atoms with Gasteiger partial charge in [-0.05, 0) is 12.0 Å². The van der Waals surface area contributed by atoms with Crippen molar-refractivity contribution in [2.45, 2.75) is 25.9 Å². The molecule has 2 aromatic rings. The van der Waals surface area contributed by atoms with Gasteiger partial charge in [-0.25, -0.2) is 4.98 Å². The molecule has 8 heteroatoms. The lowest BCUT2D eigenvalue weighted by atomic mass is 10.0. The van der Waals surface area contributed by atoms with E-state index in [0.717, 1.165) is 0 Å². The molecular weight excluding hydrogens is 304 g/mol. The Morgan fingerprint density at radius 2 is 2.32 bits per heavy atom. The number of hydrogen-bond acceptors (Lipinski definition) is 6. The van der Waals surface area contributed by atoms with Crippen LogP contribution in [0.4, 0.5) is 5.69 Å². The summed E-state index contributed by atoms with van der Waals surface area (Å²) >= 11 is 1.33. The van der Waals surface area contributed by atoms with Gasteiger partial charge in [-0.1, -0.05) is 19.1 Å². The molecule has 1 amide bonds. The molecule has 1 aromatic carbocycles. The average molecular weight is 320 g/mol. The Labute approximate surface area is 131 Å². The molecule has 7 nitrogen and oxygen atoms in total. The molecule has 0 aliphatic heterocycles. The topological polar surface area (TPSA) is 111 Å². The number of nitrogens with zero attached hydrogens (tertiary/aromatic N) is 2. The highest BCUT2D eigenvalue weighted by molar-refractivity contribution is 7.09. The number of rotatable bonds is 6. The Morgan fingerprint density at radius 3 is 2.91 bits per heavy atom. The van der Waals surface area contributed by atoms with E-state index < -0.39 is 4.92 Å². The number of benzene rings is 1. The summed E-state index contributed by atoms with van der Waals surface area (Å²) in [4.78, 5) is 26.7. The highest BCUT2D eigenvalue weighted by Gasteiger charge is 2.18. The largest absolute Gasteiger partial charge is 0.344 e. The smallest absolute Gasteiger partial charge is 0.271 e. The van der Waals surface area contributed by atoms with Crippen LogP contribution in [0.25, 0.3) is 0 Å². The Bertz CT molecular complexity index is 686. The number of carbonyl (C=O) groups excluding carboxylic acids is 1. The van der Waals surface area contributed by atoms with Crippen molar-refractivity contribution in [2.75, 3.05) is 0 Å². The van der Waals surface area contributed by atoms with Gasteiger partial charge in [-0.3, -0.25) is 14.9 Å². The van der Waals surface area contributed by atoms with Crippen LogP contribution in [0.5, 0.6) is 0 Å². The molecule has 0 aliphatic rings. The molecule has 0 fully saturated rings. The van der Waals surface area contributed by atoms with Crippen molar-refractivity contribution in [3.8, 4) is 0 Å². The Hall–Kier alpha value is -2.32. The molecule has 2 rings (SSSR count). The van der Waals surface area contributed by atoms with Crippen molar-refractivity contribution in [3.63, 3.8) is 0 Å².